The lowest BCUT2D eigenvalue weighted by molar-refractivity contribution is -0.142. The van der Waals surface area contributed by atoms with E-state index in [1.165, 1.54) is 6.92 Å². The summed E-state index contributed by atoms with van der Waals surface area (Å²) >= 11 is 0. The second-order valence-corrected chi connectivity index (χ2v) is 12.1. The van der Waals surface area contributed by atoms with Crippen LogP contribution in [0.25, 0.3) is 10.9 Å². The van der Waals surface area contributed by atoms with E-state index in [1.807, 2.05) is 30.3 Å². The Morgan fingerprint density at radius 1 is 0.766 bits per heavy atom. The van der Waals surface area contributed by atoms with Crippen LogP contribution in [-0.4, -0.2) is 76.4 Å². The topological polar surface area (TPSA) is 222 Å². The average Bonchev–Trinajstić information content (AvgIpc) is 3.45. The van der Waals surface area contributed by atoms with Crippen molar-refractivity contribution < 1.29 is 29.1 Å². The Morgan fingerprint density at radius 3 is 2.04 bits per heavy atom. The number of aromatic amines is 1. The van der Waals surface area contributed by atoms with Gasteiger partial charge in [-0.3, -0.25) is 24.0 Å². The molecule has 254 valence electrons. The number of carbonyl (C=O) groups excluding carboxylic acids is 4. The van der Waals surface area contributed by atoms with E-state index in [0.29, 0.717) is 25.8 Å². The average molecular weight is 650 g/mol. The van der Waals surface area contributed by atoms with Gasteiger partial charge in [0, 0.05) is 29.9 Å². The third-order valence-corrected chi connectivity index (χ3v) is 7.93. The number of nitrogens with one attached hydrogen (secondary N) is 5. The summed E-state index contributed by atoms with van der Waals surface area (Å²) in [6.07, 6.45) is 3.73. The van der Waals surface area contributed by atoms with E-state index < -0.39 is 65.7 Å². The van der Waals surface area contributed by atoms with Gasteiger partial charge in [-0.25, -0.2) is 0 Å². The van der Waals surface area contributed by atoms with E-state index in [0.717, 1.165) is 22.0 Å². The number of nitrogens with two attached hydrogens (primary N) is 2. The van der Waals surface area contributed by atoms with E-state index in [4.69, 9.17) is 11.5 Å². The van der Waals surface area contributed by atoms with Gasteiger partial charge in [-0.2, -0.15) is 0 Å². The molecule has 5 atom stereocenters. The normalized spacial score (nSPS) is 14.4. The maximum absolute atomic E-state index is 14.0. The highest BCUT2D eigenvalue weighted by atomic mass is 16.4. The molecule has 0 saturated carbocycles. The molecule has 3 aromatic rings. The van der Waals surface area contributed by atoms with Crippen LogP contribution in [0.2, 0.25) is 0 Å². The SMILES string of the molecule is CC(C)[C@H](NC(=O)[C@H](Cc1ccccc1)NC(=O)[C@H](Cc1c[nH]c2ccccc12)NC(=O)[C@@H](N)CCCCN)C(=O)N[C@@H](C)C(=O)O. The van der Waals surface area contributed by atoms with E-state index >= 15 is 0 Å². The van der Waals surface area contributed by atoms with Crippen LogP contribution >= 0.6 is 0 Å². The highest BCUT2D eigenvalue weighted by molar-refractivity contribution is 5.96. The van der Waals surface area contributed by atoms with Gasteiger partial charge < -0.3 is 42.8 Å². The number of carbonyl (C=O) groups is 5. The van der Waals surface area contributed by atoms with Crippen molar-refractivity contribution in [3.8, 4) is 0 Å². The molecule has 0 spiro atoms. The molecule has 0 bridgehead atoms. The predicted molar refractivity (Wildman–Crippen MR) is 179 cm³/mol. The lowest BCUT2D eigenvalue weighted by atomic mass is 9.99. The van der Waals surface area contributed by atoms with Crippen molar-refractivity contribution in [2.45, 2.75) is 83.1 Å². The van der Waals surface area contributed by atoms with Gasteiger partial charge in [-0.15, -0.1) is 0 Å². The molecular weight excluding hydrogens is 602 g/mol. The van der Waals surface area contributed by atoms with E-state index in [9.17, 15) is 29.1 Å². The van der Waals surface area contributed by atoms with Gasteiger partial charge in [0.15, 0.2) is 0 Å². The number of H-pyrrole nitrogens is 1. The summed E-state index contributed by atoms with van der Waals surface area (Å²) in [6.45, 7) is 5.22. The maximum atomic E-state index is 14.0. The number of rotatable bonds is 18. The molecule has 1 aromatic heterocycles. The van der Waals surface area contributed by atoms with Crippen molar-refractivity contribution in [3.63, 3.8) is 0 Å². The van der Waals surface area contributed by atoms with Crippen LogP contribution in [0.15, 0.2) is 60.8 Å². The van der Waals surface area contributed by atoms with Crippen LogP contribution in [0, 0.1) is 5.92 Å². The monoisotopic (exact) mass is 649 g/mol. The highest BCUT2D eigenvalue weighted by Crippen LogP contribution is 2.19. The predicted octanol–water partition coefficient (Wildman–Crippen LogP) is 1.11. The van der Waals surface area contributed by atoms with Crippen molar-refractivity contribution >= 4 is 40.5 Å². The maximum Gasteiger partial charge on any atom is 0.325 e. The van der Waals surface area contributed by atoms with Gasteiger partial charge in [0.1, 0.15) is 24.2 Å². The molecule has 0 aliphatic heterocycles. The lowest BCUT2D eigenvalue weighted by Crippen LogP contribution is -2.60. The number of fused-ring (bicyclic) bond motifs is 1. The summed E-state index contributed by atoms with van der Waals surface area (Å²) in [5.41, 5.74) is 14.1. The smallest absolute Gasteiger partial charge is 0.325 e. The van der Waals surface area contributed by atoms with E-state index in [2.05, 4.69) is 26.3 Å². The second-order valence-electron chi connectivity index (χ2n) is 12.1. The Labute approximate surface area is 274 Å². The molecule has 10 N–H and O–H groups in total. The number of amides is 4. The molecule has 47 heavy (non-hydrogen) atoms. The van der Waals surface area contributed by atoms with Gasteiger partial charge in [0.05, 0.1) is 6.04 Å². The second kappa shape index (κ2) is 17.8. The lowest BCUT2D eigenvalue weighted by Gasteiger charge is -2.27. The first-order valence-electron chi connectivity index (χ1n) is 15.9. The van der Waals surface area contributed by atoms with Gasteiger partial charge >= 0.3 is 5.97 Å². The Balaban J connectivity index is 1.88. The van der Waals surface area contributed by atoms with Gasteiger partial charge in [0.25, 0.3) is 0 Å². The zero-order chi connectivity index (χ0) is 34.5. The Bertz CT molecular complexity index is 1510. The van der Waals surface area contributed by atoms with Crippen molar-refractivity contribution in [1.82, 2.24) is 26.3 Å². The van der Waals surface area contributed by atoms with Crippen molar-refractivity contribution in [2.24, 2.45) is 17.4 Å². The molecule has 0 radical (unpaired) electrons. The highest BCUT2D eigenvalue weighted by Gasteiger charge is 2.33. The van der Waals surface area contributed by atoms with Gasteiger partial charge in [-0.1, -0.05) is 68.8 Å². The molecule has 0 fully saturated rings. The fourth-order valence-corrected chi connectivity index (χ4v) is 5.13. The largest absolute Gasteiger partial charge is 0.480 e. The molecule has 0 saturated heterocycles. The number of carboxylic acid groups (broad SMARTS) is 1. The minimum Gasteiger partial charge on any atom is -0.480 e. The van der Waals surface area contributed by atoms with Crippen LogP contribution < -0.4 is 32.7 Å². The van der Waals surface area contributed by atoms with Crippen LogP contribution in [0.5, 0.6) is 0 Å². The van der Waals surface area contributed by atoms with Crippen molar-refractivity contribution in [3.05, 3.63) is 71.9 Å². The first-order valence-corrected chi connectivity index (χ1v) is 15.9. The third-order valence-electron chi connectivity index (χ3n) is 7.93. The fourth-order valence-electron chi connectivity index (χ4n) is 5.13. The van der Waals surface area contributed by atoms with Gasteiger partial charge in [-0.05, 0) is 49.4 Å². The zero-order valence-electron chi connectivity index (χ0n) is 27.1. The molecule has 0 unspecified atom stereocenters. The number of hydrogen-bond acceptors (Lipinski definition) is 7. The number of aliphatic carboxylic acids is 1. The summed E-state index contributed by atoms with van der Waals surface area (Å²) < 4.78 is 0. The number of unbranched alkanes of at least 4 members (excludes halogenated alkanes) is 1. The van der Waals surface area contributed by atoms with Crippen molar-refractivity contribution in [2.75, 3.05) is 6.54 Å². The standard InChI is InChI=1S/C34H47N7O6/c1-20(2)29(33(45)38-21(3)34(46)47)41-32(44)27(17-22-11-5-4-6-12-22)40-31(43)28(39-30(42)25(36)14-9-10-16-35)18-23-19-37-26-15-8-7-13-24(23)26/h4-8,11-13,15,19-21,25,27-29,37H,9-10,14,16-18,35-36H2,1-3H3,(H,38,45)(H,39,42)(H,40,43)(H,41,44)(H,46,47)/t21-,25-,27-,28-,29-/m0/s1. The van der Waals surface area contributed by atoms with Crippen molar-refractivity contribution in [1.29, 1.82) is 0 Å². The van der Waals surface area contributed by atoms with Crippen LogP contribution in [0.1, 0.15) is 51.2 Å². The Morgan fingerprint density at radius 2 is 1.38 bits per heavy atom. The molecule has 13 heteroatoms. The van der Waals surface area contributed by atoms with E-state index in [1.54, 1.807) is 44.3 Å². The zero-order valence-corrected chi connectivity index (χ0v) is 27.1. The number of benzene rings is 2. The number of para-hydroxylation sites is 1. The van der Waals surface area contributed by atoms with Crippen LogP contribution in [0.4, 0.5) is 0 Å². The minimum absolute atomic E-state index is 0.0860. The first kappa shape index (κ1) is 36.7. The molecule has 3 rings (SSSR count). The molecule has 0 aliphatic rings. The fraction of sp³-hybridized carbons (Fsp3) is 0.441. The van der Waals surface area contributed by atoms with E-state index in [-0.39, 0.29) is 12.8 Å². The summed E-state index contributed by atoms with van der Waals surface area (Å²) in [7, 11) is 0. The molecule has 2 aromatic carbocycles. The van der Waals surface area contributed by atoms with Crippen LogP contribution in [-0.2, 0) is 36.8 Å². The molecule has 0 aliphatic carbocycles. The van der Waals surface area contributed by atoms with Gasteiger partial charge in [0.2, 0.25) is 23.6 Å². The quantitative estimate of drug-likeness (QED) is 0.0930. The number of hydrogen-bond donors (Lipinski definition) is 8. The summed E-state index contributed by atoms with van der Waals surface area (Å²) in [5.74, 6) is -4.05. The molecule has 1 heterocycles. The summed E-state index contributed by atoms with van der Waals surface area (Å²) in [6, 6.07) is 11.3. The molecular formula is C34H47N7O6. The molecule has 4 amide bonds. The Kier molecular flexibility index (Phi) is 13.9. The third kappa shape index (κ3) is 10.9. The van der Waals surface area contributed by atoms with Crippen LogP contribution in [0.3, 0.4) is 0 Å². The minimum atomic E-state index is -1.22. The number of carboxylic acids is 1. The molecule has 13 nitrogen and oxygen atoms in total. The Hall–Kier alpha value is -4.75. The summed E-state index contributed by atoms with van der Waals surface area (Å²) in [4.78, 5) is 68.4. The number of aromatic nitrogens is 1. The summed E-state index contributed by atoms with van der Waals surface area (Å²) in [5, 5.41) is 20.8. The first-order chi connectivity index (χ1) is 22.4.